The monoisotopic (exact) mass is 542 g/mol. The van der Waals surface area contributed by atoms with Crippen LogP contribution in [-0.4, -0.2) is 82.5 Å². The highest BCUT2D eigenvalue weighted by Crippen LogP contribution is 2.44. The predicted molar refractivity (Wildman–Crippen MR) is 159 cm³/mol. The molecular formula is C27H25B3N8O3. The maximum absolute atomic E-state index is 13.7. The molecule has 5 aromatic heterocycles. The van der Waals surface area contributed by atoms with Crippen molar-refractivity contribution in [2.75, 3.05) is 20.3 Å². The number of fused-ring (bicyclic) bond motifs is 4. The highest BCUT2D eigenvalue weighted by molar-refractivity contribution is 6.56. The number of imidazole rings is 1. The van der Waals surface area contributed by atoms with Crippen LogP contribution in [0.5, 0.6) is 5.88 Å². The van der Waals surface area contributed by atoms with E-state index >= 15 is 0 Å². The molecule has 6 heterocycles. The highest BCUT2D eigenvalue weighted by atomic mass is 16.5. The van der Waals surface area contributed by atoms with Crippen LogP contribution in [0.15, 0.2) is 41.6 Å². The van der Waals surface area contributed by atoms with Crippen LogP contribution >= 0.6 is 0 Å². The largest absolute Gasteiger partial charge is 0.479 e. The van der Waals surface area contributed by atoms with Gasteiger partial charge in [-0.3, -0.25) is 18.5 Å². The smallest absolute Gasteiger partial charge is 0.329 e. The second-order valence-corrected chi connectivity index (χ2v) is 10.6. The van der Waals surface area contributed by atoms with Crippen molar-refractivity contribution in [1.82, 2.24) is 38.7 Å². The Balaban J connectivity index is 1.60. The van der Waals surface area contributed by atoms with Crippen LogP contribution in [0.25, 0.3) is 55.4 Å². The minimum atomic E-state index is -1.65. The zero-order valence-electron chi connectivity index (χ0n) is 23.0. The van der Waals surface area contributed by atoms with E-state index < -0.39 is 5.24 Å². The van der Waals surface area contributed by atoms with Crippen molar-refractivity contribution >= 4 is 56.5 Å². The Hall–Kier alpha value is -4.19. The van der Waals surface area contributed by atoms with Crippen molar-refractivity contribution in [3.63, 3.8) is 0 Å². The molecule has 0 spiro atoms. The van der Waals surface area contributed by atoms with Gasteiger partial charge in [0.1, 0.15) is 5.65 Å². The van der Waals surface area contributed by atoms with Gasteiger partial charge in [-0.25, -0.2) is 9.78 Å². The number of rotatable bonds is 5. The third-order valence-corrected chi connectivity index (χ3v) is 7.91. The average Bonchev–Trinajstić information content (AvgIpc) is 3.70. The normalized spacial score (nSPS) is 15.0. The van der Waals surface area contributed by atoms with Gasteiger partial charge in [-0.05, 0) is 35.8 Å². The minimum Gasteiger partial charge on any atom is -0.479 e. The lowest BCUT2D eigenvalue weighted by Gasteiger charge is -2.23. The molecule has 0 atom stereocenters. The quantitative estimate of drug-likeness (QED) is 0.335. The van der Waals surface area contributed by atoms with Gasteiger partial charge < -0.3 is 14.5 Å². The molecule has 6 aromatic rings. The summed E-state index contributed by atoms with van der Waals surface area (Å²) in [6.07, 6.45) is 6.80. The number of hydrogen-bond acceptors (Lipinski definition) is 6. The molecule has 41 heavy (non-hydrogen) atoms. The van der Waals surface area contributed by atoms with Crippen LogP contribution in [0.1, 0.15) is 18.9 Å². The van der Waals surface area contributed by atoms with E-state index in [1.54, 1.807) is 35.8 Å². The van der Waals surface area contributed by atoms with Crippen molar-refractivity contribution in [2.45, 2.75) is 24.1 Å². The van der Waals surface area contributed by atoms with E-state index in [4.69, 9.17) is 38.0 Å². The molecule has 0 saturated carbocycles. The van der Waals surface area contributed by atoms with Crippen molar-refractivity contribution < 1.29 is 9.47 Å². The van der Waals surface area contributed by atoms with E-state index in [0.717, 1.165) is 57.0 Å². The van der Waals surface area contributed by atoms with Crippen LogP contribution in [0.2, 0.25) is 0 Å². The van der Waals surface area contributed by atoms with Crippen LogP contribution in [0.3, 0.4) is 0 Å². The minimum absolute atomic E-state index is 0.00262. The van der Waals surface area contributed by atoms with Gasteiger partial charge in [0.2, 0.25) is 5.88 Å². The molecule has 1 aliphatic heterocycles. The summed E-state index contributed by atoms with van der Waals surface area (Å²) in [7, 11) is 23.1. The third-order valence-electron chi connectivity index (χ3n) is 7.91. The van der Waals surface area contributed by atoms with Gasteiger partial charge in [-0.2, -0.15) is 5.10 Å². The van der Waals surface area contributed by atoms with E-state index in [2.05, 4.69) is 15.2 Å². The average molecular weight is 542 g/mol. The van der Waals surface area contributed by atoms with Gasteiger partial charge in [0.05, 0.1) is 76.2 Å². The zero-order valence-corrected chi connectivity index (χ0v) is 23.0. The first-order valence-electron chi connectivity index (χ1n) is 13.3. The lowest BCUT2D eigenvalue weighted by Crippen LogP contribution is -2.35. The van der Waals surface area contributed by atoms with Gasteiger partial charge >= 0.3 is 5.69 Å². The lowest BCUT2D eigenvalue weighted by atomic mass is 9.49. The summed E-state index contributed by atoms with van der Waals surface area (Å²) in [6.45, 7) is 1.21. The molecule has 11 nitrogen and oxygen atoms in total. The molecule has 200 valence electrons. The molecule has 1 saturated heterocycles. The Bertz CT molecular complexity index is 2020. The number of nitrogens with one attached hydrogen (secondary N) is 1. The fourth-order valence-electron chi connectivity index (χ4n) is 6.04. The molecule has 7 rings (SSSR count). The van der Waals surface area contributed by atoms with Crippen molar-refractivity contribution in [2.24, 2.45) is 14.1 Å². The van der Waals surface area contributed by atoms with Crippen molar-refractivity contribution in [1.29, 1.82) is 0 Å². The maximum atomic E-state index is 13.7. The third kappa shape index (κ3) is 3.87. The predicted octanol–water partition coefficient (Wildman–Crippen LogP) is 2.07. The Morgan fingerprint density at radius 1 is 1.12 bits per heavy atom. The van der Waals surface area contributed by atoms with Gasteiger partial charge in [0.25, 0.3) is 0 Å². The number of hydrogen-bond donors (Lipinski definition) is 1. The molecule has 0 aliphatic carbocycles. The molecule has 0 amide bonds. The SMILES string of the molecule is [B]C([B])([B])n1ncc2cc(-c3c(-c4cn(C)nc4OC)[nH]c4ncc5c(c34)n(C3CCOCC3)c(=O)n5C)ccc21. The fourth-order valence-corrected chi connectivity index (χ4v) is 6.04. The molecule has 0 bridgehead atoms. The standard InChI is InChI=1S/C27H25B3N8O3/c1-35-13-17(25(34-35)40-3)22-20(14-4-5-18-15(10-14)11-32-38(18)27(28,29)30)21-23-19(12-31-24(21)33-22)36(2)26(39)37(23)16-6-8-41-9-7-16/h4-5,10-13,16H,6-9H2,1-3H3,(H,31,33). The summed E-state index contributed by atoms with van der Waals surface area (Å²) in [4.78, 5) is 22.0. The Morgan fingerprint density at radius 3 is 2.63 bits per heavy atom. The highest BCUT2D eigenvalue weighted by Gasteiger charge is 2.29. The van der Waals surface area contributed by atoms with Crippen LogP contribution < -0.4 is 10.4 Å². The summed E-state index contributed by atoms with van der Waals surface area (Å²) in [5.41, 5.74) is 6.03. The molecule has 6 radical (unpaired) electrons. The number of methoxy groups -OCH3 is 1. The number of nitrogens with zero attached hydrogens (tertiary/aromatic N) is 7. The lowest BCUT2D eigenvalue weighted by molar-refractivity contribution is 0.0697. The summed E-state index contributed by atoms with van der Waals surface area (Å²) >= 11 is 0. The Kier molecular flexibility index (Phi) is 5.76. The molecule has 1 N–H and O–H groups in total. The van der Waals surface area contributed by atoms with E-state index in [-0.39, 0.29) is 11.7 Å². The maximum Gasteiger partial charge on any atom is 0.329 e. The van der Waals surface area contributed by atoms with Crippen molar-refractivity contribution in [3.8, 4) is 28.3 Å². The first kappa shape index (κ1) is 25.8. The van der Waals surface area contributed by atoms with Gasteiger partial charge in [-0.15, -0.1) is 5.10 Å². The van der Waals surface area contributed by atoms with E-state index in [0.29, 0.717) is 30.3 Å². The molecule has 0 unspecified atom stereocenters. The topological polar surface area (TPSA) is 110 Å². The van der Waals surface area contributed by atoms with E-state index in [1.807, 2.05) is 36.0 Å². The first-order chi connectivity index (χ1) is 19.7. The van der Waals surface area contributed by atoms with Crippen molar-refractivity contribution in [3.05, 3.63) is 47.3 Å². The Labute approximate surface area is 238 Å². The summed E-state index contributed by atoms with van der Waals surface area (Å²) in [6, 6.07) is 5.83. The first-order valence-corrected chi connectivity index (χ1v) is 13.3. The number of ether oxygens (including phenoxy) is 2. The molecule has 1 fully saturated rings. The van der Waals surface area contributed by atoms with Crippen LogP contribution in [0, 0.1) is 0 Å². The van der Waals surface area contributed by atoms with E-state index in [9.17, 15) is 4.79 Å². The molecule has 1 aromatic carbocycles. The second kappa shape index (κ2) is 9.17. The van der Waals surface area contributed by atoms with Gasteiger partial charge in [-0.1, -0.05) is 6.07 Å². The second-order valence-electron chi connectivity index (χ2n) is 10.6. The number of H-pyrrole nitrogens is 1. The fraction of sp³-hybridized carbons (Fsp3) is 0.333. The van der Waals surface area contributed by atoms with Crippen LogP contribution in [0.4, 0.5) is 0 Å². The molecule has 14 heteroatoms. The summed E-state index contributed by atoms with van der Waals surface area (Å²) in [5, 5.41) is 8.78. The summed E-state index contributed by atoms with van der Waals surface area (Å²) in [5.74, 6) is 0.458. The number of aromatic amines is 1. The summed E-state index contributed by atoms with van der Waals surface area (Å²) < 4.78 is 17.9. The molecule has 1 aliphatic rings. The van der Waals surface area contributed by atoms with Crippen LogP contribution in [-0.2, 0) is 24.1 Å². The van der Waals surface area contributed by atoms with Gasteiger partial charge in [0.15, 0.2) is 0 Å². The zero-order chi connectivity index (χ0) is 28.6. The number of pyridine rings is 1. The number of aromatic nitrogens is 8. The number of benzene rings is 1. The Morgan fingerprint density at radius 2 is 1.90 bits per heavy atom. The van der Waals surface area contributed by atoms with E-state index in [1.165, 1.54) is 4.68 Å². The van der Waals surface area contributed by atoms with Gasteiger partial charge in [0, 0.05) is 50.5 Å². The molecular weight excluding hydrogens is 517 g/mol. The number of aryl methyl sites for hydroxylation is 2.